The molecule has 0 aromatic heterocycles. The fraction of sp³-hybridized carbons (Fsp3) is 0.884. The first-order chi connectivity index (χ1) is 25.5. The van der Waals surface area contributed by atoms with Crippen molar-refractivity contribution in [1.82, 2.24) is 20.3 Å². The number of nitrogens with one attached hydrogen (secondary N) is 3. The molecule has 308 valence electrons. The van der Waals surface area contributed by atoms with Gasteiger partial charge in [0.05, 0.1) is 22.7 Å². The average molecular weight is 785 g/mol. The van der Waals surface area contributed by atoms with Crippen LogP contribution in [0.25, 0.3) is 0 Å². The molecule has 11 nitrogen and oxygen atoms in total. The second kappa shape index (κ2) is 13.5. The maximum Gasteiger partial charge on any atom is 0.315 e. The van der Waals surface area contributed by atoms with Gasteiger partial charge in [-0.1, -0.05) is 60.3 Å². The standard InChI is InChI=1S/C43H68N4O7S/c1-38(2,3)29(21-32(48)34(27-13-10-9-11-14-27)44-37(52)45-39(4,5)6)35(50)47-25-43(40(7,8)42(43)19-12-20-42)23-31(47)33(49)24-41(22-30(41)26-15-16-26)36(51)46-55(53,54)28-17-18-28/h26-31,34H,9-25H2,1-8H3,(H,46,51)(H2,44,45,52)/t29-,30+,31+,34+,41-,43-/m1/s1. The highest BCUT2D eigenvalue weighted by Gasteiger charge is 2.85. The fourth-order valence-corrected chi connectivity index (χ4v) is 13.4. The first-order valence-electron chi connectivity index (χ1n) is 21.5. The van der Waals surface area contributed by atoms with Crippen LogP contribution in [0.1, 0.15) is 158 Å². The minimum atomic E-state index is -3.78. The lowest BCUT2D eigenvalue weighted by Crippen LogP contribution is -2.55. The number of rotatable bonds is 13. The number of nitrogens with zero attached hydrogens (tertiary/aromatic N) is 1. The number of likely N-dealkylation sites (tertiary alicyclic amines) is 1. The van der Waals surface area contributed by atoms with Crippen LogP contribution < -0.4 is 15.4 Å². The summed E-state index contributed by atoms with van der Waals surface area (Å²) in [6, 6.07) is -1.86. The third kappa shape index (κ3) is 7.19. The Balaban J connectivity index is 1.16. The lowest BCUT2D eigenvalue weighted by atomic mass is 9.73. The zero-order chi connectivity index (χ0) is 40.1. The molecular weight excluding hydrogens is 717 g/mol. The molecule has 3 N–H and O–H groups in total. The van der Waals surface area contributed by atoms with E-state index in [0.29, 0.717) is 38.1 Å². The summed E-state index contributed by atoms with van der Waals surface area (Å²) >= 11 is 0. The number of Topliss-reactive ketones (excluding diaryl/α,β-unsaturated/α-hetero) is 2. The van der Waals surface area contributed by atoms with Crippen molar-refractivity contribution in [3.8, 4) is 0 Å². The Morgan fingerprint density at radius 3 is 1.96 bits per heavy atom. The van der Waals surface area contributed by atoms with Gasteiger partial charge in [0.1, 0.15) is 0 Å². The van der Waals surface area contributed by atoms with Crippen LogP contribution in [0.3, 0.4) is 0 Å². The molecule has 4 amide bonds. The van der Waals surface area contributed by atoms with E-state index in [4.69, 9.17) is 0 Å². The maximum absolute atomic E-state index is 15.2. The molecule has 1 saturated heterocycles. The van der Waals surface area contributed by atoms with Gasteiger partial charge in [-0.15, -0.1) is 0 Å². The van der Waals surface area contributed by atoms with Gasteiger partial charge in [-0.25, -0.2) is 13.2 Å². The van der Waals surface area contributed by atoms with Crippen molar-refractivity contribution in [3.05, 3.63) is 0 Å². The molecule has 7 rings (SSSR count). The van der Waals surface area contributed by atoms with E-state index in [9.17, 15) is 27.6 Å². The number of carbonyl (C=O) groups is 5. The van der Waals surface area contributed by atoms with Gasteiger partial charge in [-0.3, -0.25) is 23.9 Å². The van der Waals surface area contributed by atoms with Crippen molar-refractivity contribution in [3.63, 3.8) is 0 Å². The van der Waals surface area contributed by atoms with Gasteiger partial charge in [-0.05, 0) is 119 Å². The summed E-state index contributed by atoms with van der Waals surface area (Å²) < 4.78 is 28.3. The summed E-state index contributed by atoms with van der Waals surface area (Å²) in [5.41, 5.74) is -2.43. The van der Waals surface area contributed by atoms with Crippen LogP contribution in [0.15, 0.2) is 0 Å². The smallest absolute Gasteiger partial charge is 0.315 e. The number of hydrogen-bond donors (Lipinski definition) is 3. The van der Waals surface area contributed by atoms with Crippen LogP contribution in [0.4, 0.5) is 4.79 Å². The number of carbonyl (C=O) groups excluding carboxylic acids is 5. The monoisotopic (exact) mass is 784 g/mol. The molecule has 55 heavy (non-hydrogen) atoms. The molecule has 6 aliphatic carbocycles. The highest BCUT2D eigenvalue weighted by molar-refractivity contribution is 7.90. The minimum absolute atomic E-state index is 0.0122. The molecule has 1 heterocycles. The molecule has 6 atom stereocenters. The minimum Gasteiger partial charge on any atom is -0.334 e. The fourth-order valence-electron chi connectivity index (χ4n) is 12.0. The van der Waals surface area contributed by atoms with E-state index in [0.717, 1.165) is 64.2 Å². The molecule has 12 heteroatoms. The highest BCUT2D eigenvalue weighted by Crippen LogP contribution is 2.88. The van der Waals surface area contributed by atoms with Crippen molar-refractivity contribution < 1.29 is 32.4 Å². The molecule has 1 aliphatic heterocycles. The van der Waals surface area contributed by atoms with Crippen LogP contribution in [-0.2, 0) is 29.2 Å². The predicted octanol–water partition coefficient (Wildman–Crippen LogP) is 6.44. The van der Waals surface area contributed by atoms with E-state index >= 15 is 4.79 Å². The summed E-state index contributed by atoms with van der Waals surface area (Å²) in [5, 5.41) is 5.43. The Hall–Kier alpha value is -2.50. The second-order valence-electron chi connectivity index (χ2n) is 21.8. The Morgan fingerprint density at radius 1 is 0.818 bits per heavy atom. The first kappa shape index (κ1) is 40.7. The van der Waals surface area contributed by atoms with E-state index in [1.807, 2.05) is 41.5 Å². The Labute approximate surface area is 329 Å². The van der Waals surface area contributed by atoms with Crippen molar-refractivity contribution in [2.75, 3.05) is 6.54 Å². The summed E-state index contributed by atoms with van der Waals surface area (Å²) in [6.45, 7) is 16.6. The van der Waals surface area contributed by atoms with Gasteiger partial charge in [0, 0.05) is 36.3 Å². The van der Waals surface area contributed by atoms with Crippen LogP contribution in [0.2, 0.25) is 0 Å². The van der Waals surface area contributed by atoms with E-state index in [1.54, 1.807) is 4.90 Å². The molecule has 6 saturated carbocycles. The molecule has 0 aromatic rings. The maximum atomic E-state index is 15.2. The molecule has 0 radical (unpaired) electrons. The molecular formula is C43H68N4O7S. The highest BCUT2D eigenvalue weighted by atomic mass is 32.2. The first-order valence-corrected chi connectivity index (χ1v) is 23.0. The van der Waals surface area contributed by atoms with Crippen molar-refractivity contribution in [2.45, 2.75) is 181 Å². The zero-order valence-corrected chi connectivity index (χ0v) is 35.6. The molecule has 7 aliphatic rings. The summed E-state index contributed by atoms with van der Waals surface area (Å²) in [7, 11) is -3.78. The number of hydrogen-bond acceptors (Lipinski definition) is 7. The van der Waals surface area contributed by atoms with Gasteiger partial charge in [0.15, 0.2) is 11.6 Å². The average Bonchev–Trinajstić information content (AvgIpc) is 3.89. The second-order valence-corrected chi connectivity index (χ2v) is 23.7. The molecule has 2 spiro atoms. The van der Waals surface area contributed by atoms with Gasteiger partial charge in [0.25, 0.3) is 0 Å². The van der Waals surface area contributed by atoms with Crippen molar-refractivity contribution in [1.29, 1.82) is 0 Å². The van der Waals surface area contributed by atoms with E-state index < -0.39 is 61.6 Å². The zero-order valence-electron chi connectivity index (χ0n) is 34.8. The molecule has 7 fully saturated rings. The largest absolute Gasteiger partial charge is 0.334 e. The lowest BCUT2D eigenvalue weighted by Gasteiger charge is -2.37. The topological polar surface area (TPSA) is 159 Å². The number of ketones is 2. The lowest BCUT2D eigenvalue weighted by molar-refractivity contribution is -0.146. The number of urea groups is 1. The van der Waals surface area contributed by atoms with Gasteiger partial charge < -0.3 is 15.5 Å². The van der Waals surface area contributed by atoms with Crippen molar-refractivity contribution in [2.24, 2.45) is 50.7 Å². The Bertz CT molecular complexity index is 1710. The third-order valence-corrected chi connectivity index (χ3v) is 17.7. The van der Waals surface area contributed by atoms with E-state index in [-0.39, 0.29) is 58.4 Å². The van der Waals surface area contributed by atoms with Gasteiger partial charge in [-0.2, -0.15) is 0 Å². The number of sulfonamides is 1. The van der Waals surface area contributed by atoms with Gasteiger partial charge >= 0.3 is 6.03 Å². The SMILES string of the molecule is CC(C)(C)NC(=O)N[C@H](C(=O)C[C@H](C(=O)N1C[C@]2(C[C@H]1C(=O)C[C@]1(C(=O)NS(=O)(=O)C3CC3)C[C@H]1C1CC1)C(C)(C)C21CCC1)C(C)(C)C)C1CCCCC1. The molecule has 0 bridgehead atoms. The molecule has 0 unspecified atom stereocenters. The van der Waals surface area contributed by atoms with Crippen molar-refractivity contribution >= 4 is 39.4 Å². The predicted molar refractivity (Wildman–Crippen MR) is 210 cm³/mol. The van der Waals surface area contributed by atoms with Crippen LogP contribution in [-0.4, -0.2) is 72.1 Å². The third-order valence-electron chi connectivity index (χ3n) is 15.9. The van der Waals surface area contributed by atoms with Crippen LogP contribution >= 0.6 is 0 Å². The number of amides is 4. The van der Waals surface area contributed by atoms with Gasteiger partial charge in [0.2, 0.25) is 21.8 Å². The summed E-state index contributed by atoms with van der Waals surface area (Å²) in [4.78, 5) is 73.5. The number of fused-ring (bicyclic) bond motifs is 1. The quantitative estimate of drug-likeness (QED) is 0.194. The van der Waals surface area contributed by atoms with Crippen LogP contribution in [0.5, 0.6) is 0 Å². The Morgan fingerprint density at radius 2 is 1.45 bits per heavy atom. The molecule has 0 aromatic carbocycles. The normalized spacial score (nSPS) is 32.3. The summed E-state index contributed by atoms with van der Waals surface area (Å²) in [6.07, 6.45) is 11.9. The van der Waals surface area contributed by atoms with E-state index in [2.05, 4.69) is 29.2 Å². The van der Waals surface area contributed by atoms with Crippen LogP contribution in [0, 0.1) is 50.7 Å². The Kier molecular flexibility index (Phi) is 10.0. The summed E-state index contributed by atoms with van der Waals surface area (Å²) in [5.74, 6) is -1.52. The van der Waals surface area contributed by atoms with E-state index in [1.165, 1.54) is 0 Å².